The molecular formula is C58H103NO3. The number of hydrogen-bond donors (Lipinski definition) is 3. The lowest BCUT2D eigenvalue weighted by atomic mass is 10.0. The molecule has 0 aliphatic carbocycles. The molecule has 0 bridgehead atoms. The molecule has 0 spiro atoms. The molecule has 0 aromatic carbocycles. The van der Waals surface area contributed by atoms with Gasteiger partial charge in [0.25, 0.3) is 0 Å². The molecular weight excluding hydrogens is 759 g/mol. The Balaban J connectivity index is 3.60. The zero-order valence-corrected chi connectivity index (χ0v) is 41.1. The number of aliphatic hydroxyl groups excluding tert-OH is 2. The Morgan fingerprint density at radius 1 is 0.403 bits per heavy atom. The second-order valence-electron chi connectivity index (χ2n) is 17.9. The number of carbonyl (C=O) groups excluding carboxylic acids is 1. The molecule has 2 atom stereocenters. The van der Waals surface area contributed by atoms with Crippen molar-refractivity contribution in [2.24, 2.45) is 0 Å². The van der Waals surface area contributed by atoms with Crippen molar-refractivity contribution in [1.82, 2.24) is 5.32 Å². The Bertz CT molecular complexity index is 1110. The van der Waals surface area contributed by atoms with Gasteiger partial charge in [0, 0.05) is 6.42 Å². The molecule has 2 unspecified atom stereocenters. The van der Waals surface area contributed by atoms with Gasteiger partial charge in [0.1, 0.15) is 0 Å². The summed E-state index contributed by atoms with van der Waals surface area (Å²) in [7, 11) is 0. The highest BCUT2D eigenvalue weighted by Crippen LogP contribution is 2.15. The van der Waals surface area contributed by atoms with Gasteiger partial charge in [-0.25, -0.2) is 0 Å². The third-order valence-electron chi connectivity index (χ3n) is 11.8. The van der Waals surface area contributed by atoms with Crippen molar-refractivity contribution < 1.29 is 15.0 Å². The van der Waals surface area contributed by atoms with E-state index in [-0.39, 0.29) is 12.5 Å². The molecule has 4 nitrogen and oxygen atoms in total. The highest BCUT2D eigenvalue weighted by Gasteiger charge is 2.17. The number of amides is 1. The van der Waals surface area contributed by atoms with Crippen LogP contribution in [0.25, 0.3) is 0 Å². The van der Waals surface area contributed by atoms with Crippen molar-refractivity contribution in [2.45, 2.75) is 270 Å². The number of unbranched alkanes of at least 4 members (excludes halogenated alkanes) is 29. The quantitative estimate of drug-likeness (QED) is 0.0422. The number of hydrogen-bond acceptors (Lipinski definition) is 3. The first kappa shape index (κ1) is 59.6. The van der Waals surface area contributed by atoms with Gasteiger partial charge in [-0.3, -0.25) is 4.79 Å². The van der Waals surface area contributed by atoms with Gasteiger partial charge in [-0.1, -0.05) is 253 Å². The molecule has 0 aliphatic rings. The summed E-state index contributed by atoms with van der Waals surface area (Å²) >= 11 is 0. The van der Waals surface area contributed by atoms with Gasteiger partial charge in [-0.2, -0.15) is 0 Å². The van der Waals surface area contributed by atoms with Crippen LogP contribution in [0.15, 0.2) is 85.1 Å². The molecule has 358 valence electrons. The van der Waals surface area contributed by atoms with E-state index in [4.69, 9.17) is 0 Å². The van der Waals surface area contributed by atoms with Gasteiger partial charge in [0.05, 0.1) is 18.8 Å². The molecule has 0 rings (SSSR count). The van der Waals surface area contributed by atoms with Crippen LogP contribution in [0.4, 0.5) is 0 Å². The minimum atomic E-state index is -0.876. The van der Waals surface area contributed by atoms with Crippen molar-refractivity contribution >= 4 is 5.91 Å². The smallest absolute Gasteiger partial charge is 0.220 e. The van der Waals surface area contributed by atoms with Crippen LogP contribution in [0.1, 0.15) is 258 Å². The van der Waals surface area contributed by atoms with Crippen LogP contribution in [0.5, 0.6) is 0 Å². The van der Waals surface area contributed by atoms with E-state index in [0.29, 0.717) is 6.42 Å². The van der Waals surface area contributed by atoms with Gasteiger partial charge in [-0.15, -0.1) is 0 Å². The van der Waals surface area contributed by atoms with Crippen molar-refractivity contribution in [3.8, 4) is 0 Å². The van der Waals surface area contributed by atoms with E-state index in [1.165, 1.54) is 173 Å². The molecule has 0 aromatic rings. The fraction of sp³-hybridized carbons (Fsp3) is 0.741. The number of aliphatic hydroxyl groups is 2. The van der Waals surface area contributed by atoms with Crippen LogP contribution >= 0.6 is 0 Å². The molecule has 0 fully saturated rings. The Kier molecular flexibility index (Phi) is 50.8. The lowest BCUT2D eigenvalue weighted by molar-refractivity contribution is -0.123. The van der Waals surface area contributed by atoms with Gasteiger partial charge >= 0.3 is 0 Å². The van der Waals surface area contributed by atoms with E-state index >= 15 is 0 Å². The van der Waals surface area contributed by atoms with E-state index < -0.39 is 12.1 Å². The summed E-state index contributed by atoms with van der Waals surface area (Å²) in [4.78, 5) is 12.5. The Morgan fingerprint density at radius 3 is 1.13 bits per heavy atom. The van der Waals surface area contributed by atoms with Crippen LogP contribution in [0, 0.1) is 0 Å². The fourth-order valence-corrected chi connectivity index (χ4v) is 7.79. The molecule has 0 heterocycles. The van der Waals surface area contributed by atoms with E-state index in [2.05, 4.69) is 92.1 Å². The van der Waals surface area contributed by atoms with Crippen molar-refractivity contribution in [2.75, 3.05) is 6.61 Å². The summed E-state index contributed by atoms with van der Waals surface area (Å²) in [5.74, 6) is -0.0817. The monoisotopic (exact) mass is 862 g/mol. The Labute approximate surface area is 386 Å². The Hall–Kier alpha value is -2.43. The number of rotatable bonds is 48. The number of allylic oxidation sites excluding steroid dienone is 13. The second-order valence-corrected chi connectivity index (χ2v) is 17.9. The summed E-state index contributed by atoms with van der Waals surface area (Å²) in [6.07, 6.45) is 77.3. The summed E-state index contributed by atoms with van der Waals surface area (Å²) in [5.41, 5.74) is 0. The first-order valence-electron chi connectivity index (χ1n) is 26.8. The van der Waals surface area contributed by atoms with Crippen LogP contribution < -0.4 is 5.32 Å². The number of nitrogens with one attached hydrogen (secondary N) is 1. The standard InChI is InChI=1S/C58H103NO3/c1-3-5-7-9-11-13-15-17-19-21-23-25-27-29-31-33-35-37-39-41-43-45-47-49-51-53-57(61)56(55-60)59-58(62)54-52-50-48-46-44-42-40-38-36-34-32-30-28-26-24-22-20-18-16-14-12-10-8-6-4-2/h6,8,12,14,18,20,24,26,35,37,43,45,51,53,56-57,60-61H,3-5,7,9-11,13,15-17,19,21-23,25,27-34,36,38-42,44,46-50,52,54-55H2,1-2H3,(H,59,62)/b8-6-,14-12-,20-18-,26-24-,37-35+,45-43+,53-51+. The molecule has 3 N–H and O–H groups in total. The maximum Gasteiger partial charge on any atom is 0.220 e. The molecule has 0 aromatic heterocycles. The molecule has 0 saturated heterocycles. The van der Waals surface area contributed by atoms with Gasteiger partial charge < -0.3 is 15.5 Å². The third kappa shape index (κ3) is 48.6. The van der Waals surface area contributed by atoms with E-state index in [1.807, 2.05) is 6.08 Å². The largest absolute Gasteiger partial charge is 0.394 e. The normalized spacial score (nSPS) is 13.5. The maximum absolute atomic E-state index is 12.5. The number of carbonyl (C=O) groups is 1. The van der Waals surface area contributed by atoms with Crippen molar-refractivity contribution in [1.29, 1.82) is 0 Å². The lowest BCUT2D eigenvalue weighted by Crippen LogP contribution is -2.45. The highest BCUT2D eigenvalue weighted by molar-refractivity contribution is 5.76. The molecule has 62 heavy (non-hydrogen) atoms. The van der Waals surface area contributed by atoms with Crippen LogP contribution in [-0.2, 0) is 4.79 Å². The molecule has 1 amide bonds. The summed E-state index contributed by atoms with van der Waals surface area (Å²) in [5, 5.41) is 23.1. The van der Waals surface area contributed by atoms with E-state index in [0.717, 1.165) is 64.2 Å². The summed E-state index contributed by atoms with van der Waals surface area (Å²) in [6, 6.07) is -0.652. The summed E-state index contributed by atoms with van der Waals surface area (Å²) < 4.78 is 0. The van der Waals surface area contributed by atoms with Gasteiger partial charge in [0.15, 0.2) is 0 Å². The zero-order chi connectivity index (χ0) is 44.9. The fourth-order valence-electron chi connectivity index (χ4n) is 7.79. The van der Waals surface area contributed by atoms with Gasteiger partial charge in [-0.05, 0) is 83.5 Å². The SMILES string of the molecule is CC/C=C\C/C=C\C/C=C\C/C=C\CCCCCCCCCCCCCCC(=O)NC(CO)C(O)/C=C/CC/C=C/CC/C=C/CCCCCCCCCCCCCCCCC. The average molecular weight is 862 g/mol. The van der Waals surface area contributed by atoms with Crippen molar-refractivity contribution in [3.05, 3.63) is 85.1 Å². The first-order chi connectivity index (χ1) is 30.7. The van der Waals surface area contributed by atoms with Crippen LogP contribution in [0.3, 0.4) is 0 Å². The molecule has 4 heteroatoms. The zero-order valence-electron chi connectivity index (χ0n) is 41.1. The summed E-state index contributed by atoms with van der Waals surface area (Å²) in [6.45, 7) is 4.19. The van der Waals surface area contributed by atoms with Crippen molar-refractivity contribution in [3.63, 3.8) is 0 Å². The van der Waals surface area contributed by atoms with Crippen LogP contribution in [-0.4, -0.2) is 34.9 Å². The second kappa shape index (κ2) is 52.9. The topological polar surface area (TPSA) is 69.6 Å². The molecule has 0 radical (unpaired) electrons. The van der Waals surface area contributed by atoms with Gasteiger partial charge in [0.2, 0.25) is 5.91 Å². The van der Waals surface area contributed by atoms with E-state index in [1.54, 1.807) is 6.08 Å². The third-order valence-corrected chi connectivity index (χ3v) is 11.8. The predicted octanol–water partition coefficient (Wildman–Crippen LogP) is 17.6. The first-order valence-corrected chi connectivity index (χ1v) is 26.8. The van der Waals surface area contributed by atoms with Crippen LogP contribution in [0.2, 0.25) is 0 Å². The molecule has 0 aliphatic heterocycles. The average Bonchev–Trinajstić information content (AvgIpc) is 3.28. The lowest BCUT2D eigenvalue weighted by Gasteiger charge is -2.19. The predicted molar refractivity (Wildman–Crippen MR) is 276 cm³/mol. The minimum absolute atomic E-state index is 0.0817. The maximum atomic E-state index is 12.5. The minimum Gasteiger partial charge on any atom is -0.394 e. The molecule has 0 saturated carbocycles. The van der Waals surface area contributed by atoms with E-state index in [9.17, 15) is 15.0 Å². The Morgan fingerprint density at radius 2 is 0.726 bits per heavy atom. The highest BCUT2D eigenvalue weighted by atomic mass is 16.3.